The fourth-order valence-electron chi connectivity index (χ4n) is 2.96. The molecule has 1 aliphatic carbocycles. The van der Waals surface area contributed by atoms with Crippen LogP contribution in [0.4, 0.5) is 5.69 Å². The summed E-state index contributed by atoms with van der Waals surface area (Å²) in [5.74, 6) is 0.126. The van der Waals surface area contributed by atoms with Crippen LogP contribution < -0.4 is 5.32 Å². The third kappa shape index (κ3) is 4.46. The zero-order chi connectivity index (χ0) is 16.2. The van der Waals surface area contributed by atoms with Crippen LogP contribution >= 0.6 is 0 Å². The van der Waals surface area contributed by atoms with Crippen molar-refractivity contribution in [1.82, 2.24) is 0 Å². The summed E-state index contributed by atoms with van der Waals surface area (Å²) in [4.78, 5) is 0.415. The molecule has 1 aromatic carbocycles. The van der Waals surface area contributed by atoms with E-state index in [9.17, 15) is 8.42 Å². The number of benzene rings is 1. The Morgan fingerprint density at radius 2 is 1.82 bits per heavy atom. The van der Waals surface area contributed by atoms with Gasteiger partial charge in [-0.3, -0.25) is 0 Å². The number of anilines is 1. The lowest BCUT2D eigenvalue weighted by Crippen LogP contribution is -2.31. The molecule has 1 aliphatic rings. The number of ether oxygens (including phenoxy) is 1. The molecule has 0 aliphatic heterocycles. The van der Waals surface area contributed by atoms with Gasteiger partial charge in [-0.15, -0.1) is 0 Å². The van der Waals surface area contributed by atoms with Gasteiger partial charge in [0, 0.05) is 6.04 Å². The van der Waals surface area contributed by atoms with E-state index in [1.807, 2.05) is 12.1 Å². The second-order valence-electron chi connectivity index (χ2n) is 6.20. The van der Waals surface area contributed by atoms with E-state index in [2.05, 4.69) is 19.2 Å². The van der Waals surface area contributed by atoms with Gasteiger partial charge in [-0.25, -0.2) is 8.42 Å². The van der Waals surface area contributed by atoms with Crippen molar-refractivity contribution in [2.24, 2.45) is 0 Å². The van der Waals surface area contributed by atoms with Gasteiger partial charge in [-0.2, -0.15) is 0 Å². The SMILES string of the molecule is CCS(=O)(=O)c1ccccc1NC1CCC(OC(C)C)CC1. The molecule has 0 saturated heterocycles. The summed E-state index contributed by atoms with van der Waals surface area (Å²) in [6.45, 7) is 5.81. The van der Waals surface area contributed by atoms with Crippen molar-refractivity contribution in [2.45, 2.75) is 69.6 Å². The smallest absolute Gasteiger partial charge is 0.180 e. The van der Waals surface area contributed by atoms with Crippen molar-refractivity contribution in [3.05, 3.63) is 24.3 Å². The normalized spacial score (nSPS) is 22.7. The Kier molecular flexibility index (Phi) is 5.87. The van der Waals surface area contributed by atoms with Gasteiger partial charge in [0.25, 0.3) is 0 Å². The first-order chi connectivity index (χ1) is 10.4. The molecule has 1 N–H and O–H groups in total. The van der Waals surface area contributed by atoms with Gasteiger partial charge in [0.1, 0.15) is 0 Å². The van der Waals surface area contributed by atoms with Gasteiger partial charge in [0.05, 0.1) is 28.5 Å². The summed E-state index contributed by atoms with van der Waals surface area (Å²) < 4.78 is 30.2. The molecule has 1 fully saturated rings. The molecule has 5 heteroatoms. The first kappa shape index (κ1) is 17.3. The van der Waals surface area contributed by atoms with Crippen LogP contribution in [0, 0.1) is 0 Å². The molecule has 0 amide bonds. The number of hydrogen-bond donors (Lipinski definition) is 1. The molecule has 2 rings (SSSR count). The first-order valence-electron chi connectivity index (χ1n) is 8.16. The molecule has 0 unspecified atom stereocenters. The molecule has 4 nitrogen and oxygen atoms in total. The quantitative estimate of drug-likeness (QED) is 0.868. The predicted molar refractivity (Wildman–Crippen MR) is 90.1 cm³/mol. The Morgan fingerprint density at radius 1 is 1.18 bits per heavy atom. The largest absolute Gasteiger partial charge is 0.381 e. The van der Waals surface area contributed by atoms with Gasteiger partial charge in [-0.1, -0.05) is 19.1 Å². The molecule has 0 radical (unpaired) electrons. The van der Waals surface area contributed by atoms with Gasteiger partial charge < -0.3 is 10.1 Å². The van der Waals surface area contributed by atoms with Crippen LogP contribution in [0.15, 0.2) is 29.2 Å². The second kappa shape index (κ2) is 7.47. The maximum absolute atomic E-state index is 12.2. The summed E-state index contributed by atoms with van der Waals surface area (Å²) >= 11 is 0. The fourth-order valence-corrected chi connectivity index (χ4v) is 4.02. The highest BCUT2D eigenvalue weighted by Crippen LogP contribution is 2.28. The number of sulfone groups is 1. The van der Waals surface area contributed by atoms with Gasteiger partial charge in [0.2, 0.25) is 0 Å². The molecule has 0 aromatic heterocycles. The highest BCUT2D eigenvalue weighted by Gasteiger charge is 2.24. The van der Waals surface area contributed by atoms with E-state index in [0.717, 1.165) is 31.4 Å². The zero-order valence-electron chi connectivity index (χ0n) is 13.7. The van der Waals surface area contributed by atoms with E-state index in [1.165, 1.54) is 0 Å². The van der Waals surface area contributed by atoms with E-state index >= 15 is 0 Å². The summed E-state index contributed by atoms with van der Waals surface area (Å²) in [6.07, 6.45) is 4.69. The third-order valence-corrected chi connectivity index (χ3v) is 5.89. The van der Waals surface area contributed by atoms with Crippen LogP contribution in [0.3, 0.4) is 0 Å². The second-order valence-corrected chi connectivity index (χ2v) is 8.45. The maximum Gasteiger partial charge on any atom is 0.180 e. The summed E-state index contributed by atoms with van der Waals surface area (Å²) in [5.41, 5.74) is 0.734. The Hall–Kier alpha value is -1.07. The molecule has 0 atom stereocenters. The number of nitrogens with one attached hydrogen (secondary N) is 1. The highest BCUT2D eigenvalue weighted by atomic mass is 32.2. The van der Waals surface area contributed by atoms with Crippen LogP contribution in [0.2, 0.25) is 0 Å². The number of rotatable bonds is 6. The van der Waals surface area contributed by atoms with Gasteiger partial charge in [0.15, 0.2) is 9.84 Å². The molecule has 1 saturated carbocycles. The lowest BCUT2D eigenvalue weighted by Gasteiger charge is -2.31. The Labute approximate surface area is 134 Å². The Morgan fingerprint density at radius 3 is 2.41 bits per heavy atom. The predicted octanol–water partition coefficient (Wildman–Crippen LogP) is 3.63. The van der Waals surface area contributed by atoms with Crippen LogP contribution in [-0.2, 0) is 14.6 Å². The Balaban J connectivity index is 2.01. The first-order valence-corrected chi connectivity index (χ1v) is 9.81. The van der Waals surface area contributed by atoms with E-state index < -0.39 is 9.84 Å². The van der Waals surface area contributed by atoms with Crippen molar-refractivity contribution < 1.29 is 13.2 Å². The minimum Gasteiger partial charge on any atom is -0.381 e. The molecule has 0 bridgehead atoms. The monoisotopic (exact) mass is 325 g/mol. The molecular formula is C17H27NO3S. The van der Waals surface area contributed by atoms with Gasteiger partial charge >= 0.3 is 0 Å². The molecule has 124 valence electrons. The molecular weight excluding hydrogens is 298 g/mol. The standard InChI is InChI=1S/C17H27NO3S/c1-4-22(19,20)17-8-6-5-7-16(17)18-14-9-11-15(12-10-14)21-13(2)3/h5-8,13-15,18H,4,9-12H2,1-3H3. The van der Waals surface area contributed by atoms with E-state index in [0.29, 0.717) is 17.0 Å². The summed E-state index contributed by atoms with van der Waals surface area (Å²) in [6, 6.07) is 7.53. The molecule has 0 heterocycles. The minimum atomic E-state index is -3.19. The lowest BCUT2D eigenvalue weighted by atomic mass is 9.92. The summed E-state index contributed by atoms with van der Waals surface area (Å²) in [7, 11) is -3.19. The fraction of sp³-hybridized carbons (Fsp3) is 0.647. The third-order valence-electron chi connectivity index (χ3n) is 4.10. The Bertz CT molecular complexity index is 575. The van der Waals surface area contributed by atoms with Crippen molar-refractivity contribution in [3.63, 3.8) is 0 Å². The van der Waals surface area contributed by atoms with E-state index in [4.69, 9.17) is 4.74 Å². The molecule has 22 heavy (non-hydrogen) atoms. The van der Waals surface area contributed by atoms with Crippen LogP contribution in [0.1, 0.15) is 46.5 Å². The zero-order valence-corrected chi connectivity index (χ0v) is 14.5. The van der Waals surface area contributed by atoms with Crippen LogP contribution in [0.25, 0.3) is 0 Å². The average Bonchev–Trinajstić information content (AvgIpc) is 2.49. The molecule has 1 aromatic rings. The van der Waals surface area contributed by atoms with Crippen molar-refractivity contribution >= 4 is 15.5 Å². The van der Waals surface area contributed by atoms with Crippen molar-refractivity contribution in [1.29, 1.82) is 0 Å². The van der Waals surface area contributed by atoms with E-state index in [-0.39, 0.29) is 11.9 Å². The minimum absolute atomic E-state index is 0.126. The summed E-state index contributed by atoms with van der Waals surface area (Å²) in [5, 5.41) is 3.43. The van der Waals surface area contributed by atoms with Gasteiger partial charge in [-0.05, 0) is 51.7 Å². The van der Waals surface area contributed by atoms with Crippen LogP contribution in [0.5, 0.6) is 0 Å². The number of hydrogen-bond acceptors (Lipinski definition) is 4. The van der Waals surface area contributed by atoms with Crippen LogP contribution in [-0.4, -0.2) is 32.4 Å². The topological polar surface area (TPSA) is 55.4 Å². The van der Waals surface area contributed by atoms with E-state index in [1.54, 1.807) is 19.1 Å². The molecule has 0 spiro atoms. The lowest BCUT2D eigenvalue weighted by molar-refractivity contribution is -0.0133. The average molecular weight is 325 g/mol. The van der Waals surface area contributed by atoms with Crippen molar-refractivity contribution in [2.75, 3.05) is 11.1 Å². The number of para-hydroxylation sites is 1. The van der Waals surface area contributed by atoms with Crippen molar-refractivity contribution in [3.8, 4) is 0 Å². The maximum atomic E-state index is 12.2. The highest BCUT2D eigenvalue weighted by molar-refractivity contribution is 7.91.